The zero-order valence-electron chi connectivity index (χ0n) is 14.7. The number of nitrogens with one attached hydrogen (secondary N) is 1. The third kappa shape index (κ3) is 3.31. The lowest BCUT2D eigenvalue weighted by molar-refractivity contribution is -0.118. The number of hydrogen-bond acceptors (Lipinski definition) is 5. The number of rotatable bonds is 3. The van der Waals surface area contributed by atoms with E-state index in [4.69, 9.17) is 0 Å². The number of aromatic nitrogens is 3. The zero-order valence-corrected chi connectivity index (χ0v) is 16.4. The molecule has 1 N–H and O–H groups in total. The van der Waals surface area contributed by atoms with Gasteiger partial charge in [0.25, 0.3) is 5.56 Å². The van der Waals surface area contributed by atoms with Crippen LogP contribution in [0, 0.1) is 5.92 Å². The lowest BCUT2D eigenvalue weighted by Crippen LogP contribution is -2.16. The third-order valence-electron chi connectivity index (χ3n) is 4.77. The van der Waals surface area contributed by atoms with Crippen LogP contribution in [0.4, 0.5) is 0 Å². The lowest BCUT2D eigenvalue weighted by Gasteiger charge is -2.17. The van der Waals surface area contributed by atoms with Gasteiger partial charge in [0.15, 0.2) is 4.80 Å². The summed E-state index contributed by atoms with van der Waals surface area (Å²) in [6.07, 6.45) is 5.59. The molecule has 6 nitrogen and oxygen atoms in total. The van der Waals surface area contributed by atoms with Gasteiger partial charge >= 0.3 is 0 Å². The van der Waals surface area contributed by atoms with E-state index in [1.165, 1.54) is 21.8 Å². The van der Waals surface area contributed by atoms with Crippen LogP contribution in [0.2, 0.25) is 0 Å². The van der Waals surface area contributed by atoms with Gasteiger partial charge in [0, 0.05) is 36.3 Å². The molecule has 3 heterocycles. The van der Waals surface area contributed by atoms with Crippen molar-refractivity contribution < 1.29 is 4.79 Å². The summed E-state index contributed by atoms with van der Waals surface area (Å²) in [5, 5.41) is 2.64. The number of thiophene rings is 1. The quantitative estimate of drug-likeness (QED) is 0.749. The fourth-order valence-electron chi connectivity index (χ4n) is 3.33. The molecule has 1 atom stereocenters. The van der Waals surface area contributed by atoms with Crippen LogP contribution in [-0.2, 0) is 31.1 Å². The summed E-state index contributed by atoms with van der Waals surface area (Å²) < 4.78 is 1.81. The van der Waals surface area contributed by atoms with Crippen LogP contribution < -0.4 is 10.4 Å². The van der Waals surface area contributed by atoms with Crippen LogP contribution in [0.15, 0.2) is 21.4 Å². The number of carbonyl (C=O) groups is 1. The molecule has 4 rings (SSSR count). The van der Waals surface area contributed by atoms with E-state index in [-0.39, 0.29) is 17.9 Å². The Labute approximate surface area is 158 Å². The van der Waals surface area contributed by atoms with Gasteiger partial charge in [0.1, 0.15) is 10.7 Å². The van der Waals surface area contributed by atoms with Crippen LogP contribution in [0.5, 0.6) is 0 Å². The van der Waals surface area contributed by atoms with Crippen LogP contribution in [0.3, 0.4) is 0 Å². The number of fused-ring (bicyclic) bond motifs is 3. The van der Waals surface area contributed by atoms with Crippen LogP contribution >= 0.6 is 22.7 Å². The molecule has 0 fully saturated rings. The summed E-state index contributed by atoms with van der Waals surface area (Å²) in [5.74, 6) is 1.02. The molecular formula is C18H20N4O2S2. The predicted octanol–water partition coefficient (Wildman–Crippen LogP) is 2.57. The van der Waals surface area contributed by atoms with Gasteiger partial charge in [-0.25, -0.2) is 4.98 Å². The molecule has 0 spiro atoms. The first-order valence-electron chi connectivity index (χ1n) is 8.72. The van der Waals surface area contributed by atoms with E-state index in [9.17, 15) is 9.59 Å². The monoisotopic (exact) mass is 388 g/mol. The highest BCUT2D eigenvalue weighted by Gasteiger charge is 2.23. The third-order valence-corrected chi connectivity index (χ3v) is 6.77. The second-order valence-corrected chi connectivity index (χ2v) is 8.80. The van der Waals surface area contributed by atoms with E-state index < -0.39 is 0 Å². The molecule has 26 heavy (non-hydrogen) atoms. The highest BCUT2D eigenvalue weighted by Crippen LogP contribution is 2.35. The first-order chi connectivity index (χ1) is 12.5. The minimum Gasteiger partial charge on any atom is -0.327 e. The van der Waals surface area contributed by atoms with Crippen molar-refractivity contribution in [3.8, 4) is 0 Å². The smallest absolute Gasteiger partial charge is 0.259 e. The highest BCUT2D eigenvalue weighted by molar-refractivity contribution is 7.18. The minimum atomic E-state index is -0.204. The summed E-state index contributed by atoms with van der Waals surface area (Å²) in [6, 6.07) is 0. The number of aromatic amines is 1. The maximum atomic E-state index is 12.6. The predicted molar refractivity (Wildman–Crippen MR) is 104 cm³/mol. The first kappa shape index (κ1) is 17.4. The molecule has 0 radical (unpaired) electrons. The van der Waals surface area contributed by atoms with E-state index in [0.29, 0.717) is 23.0 Å². The first-order valence-corrected chi connectivity index (χ1v) is 10.4. The molecule has 0 aromatic carbocycles. The van der Waals surface area contributed by atoms with Crippen molar-refractivity contribution in [2.45, 2.75) is 39.0 Å². The van der Waals surface area contributed by atoms with Crippen LogP contribution in [0.25, 0.3) is 10.2 Å². The van der Waals surface area contributed by atoms with E-state index in [1.54, 1.807) is 11.3 Å². The fraction of sp³-hybridized carbons (Fsp3) is 0.444. The number of nitrogens with zero attached hydrogens (tertiary/aromatic N) is 3. The largest absolute Gasteiger partial charge is 0.327 e. The van der Waals surface area contributed by atoms with Gasteiger partial charge in [-0.1, -0.05) is 6.92 Å². The SMILES string of the molecule is CC1CCc2c(sc3nc(CCC(=O)N=c4sccn4C)[nH]c(=O)c23)C1. The Morgan fingerprint density at radius 2 is 2.35 bits per heavy atom. The molecular weight excluding hydrogens is 368 g/mol. The average Bonchev–Trinajstić information content (AvgIpc) is 3.16. The van der Waals surface area contributed by atoms with Gasteiger partial charge < -0.3 is 9.55 Å². The Bertz CT molecular complexity index is 1100. The van der Waals surface area contributed by atoms with Crippen molar-refractivity contribution in [1.29, 1.82) is 0 Å². The fourth-order valence-corrected chi connectivity index (χ4v) is 5.48. The van der Waals surface area contributed by atoms with Gasteiger partial charge in [0.05, 0.1) is 5.39 Å². The van der Waals surface area contributed by atoms with E-state index in [2.05, 4.69) is 21.9 Å². The molecule has 1 aliphatic carbocycles. The molecule has 3 aromatic heterocycles. The number of aryl methyl sites for hydroxylation is 3. The normalized spacial score (nSPS) is 17.6. The van der Waals surface area contributed by atoms with Crippen molar-refractivity contribution in [1.82, 2.24) is 14.5 Å². The van der Waals surface area contributed by atoms with Gasteiger partial charge in [0.2, 0.25) is 5.91 Å². The molecule has 0 bridgehead atoms. The number of thiazole rings is 1. The zero-order chi connectivity index (χ0) is 18.3. The molecule has 136 valence electrons. The lowest BCUT2D eigenvalue weighted by atomic mass is 9.89. The van der Waals surface area contributed by atoms with Crippen molar-refractivity contribution in [3.63, 3.8) is 0 Å². The number of H-pyrrole nitrogens is 1. The summed E-state index contributed by atoms with van der Waals surface area (Å²) in [5.41, 5.74) is 1.10. The van der Waals surface area contributed by atoms with Crippen LogP contribution in [0.1, 0.15) is 36.0 Å². The average molecular weight is 389 g/mol. The highest BCUT2D eigenvalue weighted by atomic mass is 32.1. The van der Waals surface area contributed by atoms with E-state index in [0.717, 1.165) is 29.5 Å². The topological polar surface area (TPSA) is 80.1 Å². The second-order valence-electron chi connectivity index (χ2n) is 6.85. The van der Waals surface area contributed by atoms with Crippen molar-refractivity contribution in [2.75, 3.05) is 0 Å². The standard InChI is InChI=1S/C18H20N4O2S2/c1-10-3-4-11-12(9-10)26-17-15(11)16(24)19-13(20-17)5-6-14(23)21-18-22(2)7-8-25-18/h7-8,10H,3-6,9H2,1-2H3,(H,19,20,24). The molecule has 1 amide bonds. The molecule has 8 heteroatoms. The number of amides is 1. The van der Waals surface area contributed by atoms with Crippen molar-refractivity contribution >= 4 is 38.8 Å². The Hall–Kier alpha value is -2.06. The van der Waals surface area contributed by atoms with Gasteiger partial charge in [-0.15, -0.1) is 22.7 Å². The summed E-state index contributed by atoms with van der Waals surface area (Å²) in [7, 11) is 1.86. The summed E-state index contributed by atoms with van der Waals surface area (Å²) >= 11 is 3.05. The molecule has 0 saturated carbocycles. The van der Waals surface area contributed by atoms with Gasteiger partial charge in [-0.2, -0.15) is 4.99 Å². The number of carbonyl (C=O) groups excluding carboxylic acids is 1. The summed E-state index contributed by atoms with van der Waals surface area (Å²) in [4.78, 5) is 39.0. The van der Waals surface area contributed by atoms with E-state index in [1.807, 2.05) is 23.2 Å². The minimum absolute atomic E-state index is 0.0777. The Balaban J connectivity index is 1.57. The molecule has 0 saturated heterocycles. The van der Waals surface area contributed by atoms with Crippen LogP contribution in [-0.4, -0.2) is 20.4 Å². The molecule has 1 unspecified atom stereocenters. The second kappa shape index (κ2) is 6.92. The van der Waals surface area contributed by atoms with Crippen molar-refractivity contribution in [3.05, 3.63) is 43.0 Å². The molecule has 1 aliphatic rings. The Morgan fingerprint density at radius 1 is 1.50 bits per heavy atom. The maximum absolute atomic E-state index is 12.6. The van der Waals surface area contributed by atoms with Gasteiger partial charge in [-0.3, -0.25) is 9.59 Å². The maximum Gasteiger partial charge on any atom is 0.259 e. The number of hydrogen-bond donors (Lipinski definition) is 1. The summed E-state index contributed by atoms with van der Waals surface area (Å²) in [6.45, 7) is 2.25. The Morgan fingerprint density at radius 3 is 3.12 bits per heavy atom. The Kier molecular flexibility index (Phi) is 4.62. The van der Waals surface area contributed by atoms with E-state index >= 15 is 0 Å². The van der Waals surface area contributed by atoms with Crippen molar-refractivity contribution in [2.24, 2.45) is 18.0 Å². The molecule has 3 aromatic rings. The van der Waals surface area contributed by atoms with Gasteiger partial charge in [-0.05, 0) is 30.7 Å². The molecule has 0 aliphatic heterocycles.